The lowest BCUT2D eigenvalue weighted by atomic mass is 10.5. The highest BCUT2D eigenvalue weighted by atomic mass is 32.1. The molecule has 0 bridgehead atoms. The van der Waals surface area contributed by atoms with Crippen LogP contribution in [0.4, 0.5) is 10.2 Å². The molecule has 0 atom stereocenters. The van der Waals surface area contributed by atoms with Crippen molar-refractivity contribution in [3.63, 3.8) is 0 Å². The predicted octanol–water partition coefficient (Wildman–Crippen LogP) is 1.71. The van der Waals surface area contributed by atoms with Crippen LogP contribution in [-0.2, 0) is 6.54 Å². The summed E-state index contributed by atoms with van der Waals surface area (Å²) in [6.45, 7) is 0.619. The second-order valence-electron chi connectivity index (χ2n) is 2.98. The second kappa shape index (κ2) is 4.31. The Bertz CT molecular complexity index is 431. The van der Waals surface area contributed by atoms with Gasteiger partial charge in [0.25, 0.3) is 0 Å². The van der Waals surface area contributed by atoms with Crippen molar-refractivity contribution in [3.8, 4) is 0 Å². The van der Waals surface area contributed by atoms with Crippen molar-refractivity contribution in [1.82, 2.24) is 15.0 Å². The van der Waals surface area contributed by atoms with Crippen LogP contribution in [0.25, 0.3) is 0 Å². The minimum Gasteiger partial charge on any atom is -0.353 e. The van der Waals surface area contributed by atoms with E-state index in [4.69, 9.17) is 0 Å². The molecule has 0 aliphatic rings. The highest BCUT2D eigenvalue weighted by Gasteiger charge is 2.06. The SMILES string of the molecule is CN(Cc1nccs1)c1cc(F)ncn1. The summed E-state index contributed by atoms with van der Waals surface area (Å²) in [6, 6.07) is 1.30. The number of aromatic nitrogens is 3. The van der Waals surface area contributed by atoms with Crippen molar-refractivity contribution in [1.29, 1.82) is 0 Å². The van der Waals surface area contributed by atoms with E-state index in [0.29, 0.717) is 12.4 Å². The average Bonchev–Trinajstić information content (AvgIpc) is 2.70. The molecule has 0 spiro atoms. The van der Waals surface area contributed by atoms with Crippen LogP contribution >= 0.6 is 11.3 Å². The normalized spacial score (nSPS) is 10.3. The average molecular weight is 224 g/mol. The lowest BCUT2D eigenvalue weighted by Gasteiger charge is -2.15. The van der Waals surface area contributed by atoms with Gasteiger partial charge in [-0.25, -0.2) is 15.0 Å². The topological polar surface area (TPSA) is 41.9 Å². The Morgan fingerprint density at radius 2 is 2.27 bits per heavy atom. The largest absolute Gasteiger partial charge is 0.353 e. The van der Waals surface area contributed by atoms with Crippen LogP contribution in [-0.4, -0.2) is 22.0 Å². The fourth-order valence-electron chi connectivity index (χ4n) is 1.15. The number of hydrogen-bond acceptors (Lipinski definition) is 5. The van der Waals surface area contributed by atoms with Crippen LogP contribution in [0.15, 0.2) is 24.0 Å². The Morgan fingerprint density at radius 3 is 2.93 bits per heavy atom. The maximum absolute atomic E-state index is 12.8. The molecular weight excluding hydrogens is 215 g/mol. The van der Waals surface area contributed by atoms with Gasteiger partial charge < -0.3 is 4.90 Å². The molecule has 4 nitrogen and oxygen atoms in total. The fourth-order valence-corrected chi connectivity index (χ4v) is 1.82. The molecule has 0 saturated heterocycles. The molecule has 0 aliphatic carbocycles. The van der Waals surface area contributed by atoms with Crippen molar-refractivity contribution in [2.75, 3.05) is 11.9 Å². The van der Waals surface area contributed by atoms with E-state index in [9.17, 15) is 4.39 Å². The van der Waals surface area contributed by atoms with Gasteiger partial charge >= 0.3 is 0 Å². The van der Waals surface area contributed by atoms with Gasteiger partial charge in [0, 0.05) is 24.7 Å². The molecule has 0 N–H and O–H groups in total. The molecule has 0 aliphatic heterocycles. The zero-order valence-corrected chi connectivity index (χ0v) is 8.91. The van der Waals surface area contributed by atoms with Gasteiger partial charge in [0.15, 0.2) is 0 Å². The number of halogens is 1. The summed E-state index contributed by atoms with van der Waals surface area (Å²) < 4.78 is 12.8. The van der Waals surface area contributed by atoms with Crippen LogP contribution in [0, 0.1) is 5.95 Å². The van der Waals surface area contributed by atoms with Crippen molar-refractivity contribution in [2.45, 2.75) is 6.54 Å². The zero-order valence-electron chi connectivity index (χ0n) is 8.09. The Balaban J connectivity index is 2.11. The molecule has 2 rings (SSSR count). The Labute approximate surface area is 90.4 Å². The van der Waals surface area contributed by atoms with Gasteiger partial charge in [0.2, 0.25) is 5.95 Å². The summed E-state index contributed by atoms with van der Waals surface area (Å²) in [7, 11) is 1.84. The molecule has 0 saturated carbocycles. The van der Waals surface area contributed by atoms with E-state index < -0.39 is 5.95 Å². The van der Waals surface area contributed by atoms with Gasteiger partial charge in [0.05, 0.1) is 6.54 Å². The first-order valence-corrected chi connectivity index (χ1v) is 5.21. The molecule has 0 amide bonds. The van der Waals surface area contributed by atoms with Gasteiger partial charge in [-0.3, -0.25) is 0 Å². The van der Waals surface area contributed by atoms with Crippen LogP contribution in [0.1, 0.15) is 5.01 Å². The van der Waals surface area contributed by atoms with Gasteiger partial charge in [-0.15, -0.1) is 11.3 Å². The lowest BCUT2D eigenvalue weighted by molar-refractivity contribution is 0.578. The highest BCUT2D eigenvalue weighted by molar-refractivity contribution is 7.09. The van der Waals surface area contributed by atoms with E-state index in [2.05, 4.69) is 15.0 Å². The third kappa shape index (κ3) is 2.47. The summed E-state index contributed by atoms with van der Waals surface area (Å²) in [6.07, 6.45) is 2.96. The summed E-state index contributed by atoms with van der Waals surface area (Å²) in [4.78, 5) is 13.3. The van der Waals surface area contributed by atoms with E-state index in [1.807, 2.05) is 17.3 Å². The third-order valence-corrected chi connectivity index (χ3v) is 2.63. The molecule has 2 aromatic heterocycles. The van der Waals surface area contributed by atoms with E-state index >= 15 is 0 Å². The molecule has 0 unspecified atom stereocenters. The van der Waals surface area contributed by atoms with Crippen LogP contribution in [0.2, 0.25) is 0 Å². The van der Waals surface area contributed by atoms with Crippen LogP contribution in [0.5, 0.6) is 0 Å². The number of hydrogen-bond donors (Lipinski definition) is 0. The first-order valence-electron chi connectivity index (χ1n) is 4.33. The van der Waals surface area contributed by atoms with Crippen LogP contribution < -0.4 is 4.90 Å². The van der Waals surface area contributed by atoms with Crippen molar-refractivity contribution >= 4 is 17.2 Å². The van der Waals surface area contributed by atoms with Crippen molar-refractivity contribution in [3.05, 3.63) is 34.9 Å². The van der Waals surface area contributed by atoms with Gasteiger partial charge in [-0.2, -0.15) is 4.39 Å². The van der Waals surface area contributed by atoms with E-state index in [1.54, 1.807) is 17.5 Å². The predicted molar refractivity (Wildman–Crippen MR) is 56.2 cm³/mol. The first-order chi connectivity index (χ1) is 7.25. The summed E-state index contributed by atoms with van der Waals surface area (Å²) in [5, 5.41) is 2.88. The molecular formula is C9H9FN4S. The summed E-state index contributed by atoms with van der Waals surface area (Å²) in [5.74, 6) is 0.0312. The molecule has 0 fully saturated rings. The molecule has 2 heterocycles. The van der Waals surface area contributed by atoms with Gasteiger partial charge in [-0.1, -0.05) is 0 Å². The van der Waals surface area contributed by atoms with Crippen molar-refractivity contribution < 1.29 is 4.39 Å². The zero-order chi connectivity index (χ0) is 10.7. The molecule has 15 heavy (non-hydrogen) atoms. The number of thiazole rings is 1. The van der Waals surface area contributed by atoms with E-state index in [0.717, 1.165) is 5.01 Å². The summed E-state index contributed by atoms with van der Waals surface area (Å²) >= 11 is 1.56. The minimum absolute atomic E-state index is 0.522. The van der Waals surface area contributed by atoms with Gasteiger partial charge in [-0.05, 0) is 0 Å². The third-order valence-electron chi connectivity index (χ3n) is 1.87. The maximum Gasteiger partial charge on any atom is 0.218 e. The second-order valence-corrected chi connectivity index (χ2v) is 3.96. The Morgan fingerprint density at radius 1 is 1.40 bits per heavy atom. The highest BCUT2D eigenvalue weighted by Crippen LogP contribution is 2.13. The monoisotopic (exact) mass is 224 g/mol. The number of rotatable bonds is 3. The fraction of sp³-hybridized carbons (Fsp3) is 0.222. The number of anilines is 1. The van der Waals surface area contributed by atoms with Crippen molar-refractivity contribution in [2.24, 2.45) is 0 Å². The first kappa shape index (κ1) is 9.97. The smallest absolute Gasteiger partial charge is 0.218 e. The number of nitrogens with zero attached hydrogens (tertiary/aromatic N) is 4. The van der Waals surface area contributed by atoms with Gasteiger partial charge in [0.1, 0.15) is 17.2 Å². The van der Waals surface area contributed by atoms with E-state index in [-0.39, 0.29) is 0 Å². The van der Waals surface area contributed by atoms with Crippen LogP contribution in [0.3, 0.4) is 0 Å². The molecule has 2 aromatic rings. The summed E-state index contributed by atoms with van der Waals surface area (Å²) in [5.41, 5.74) is 0. The Hall–Kier alpha value is -1.56. The molecule has 6 heteroatoms. The van der Waals surface area contributed by atoms with E-state index in [1.165, 1.54) is 12.4 Å². The minimum atomic E-state index is -0.522. The Kier molecular flexibility index (Phi) is 2.86. The standard InChI is InChI=1S/C9H9FN4S/c1-14(5-9-11-2-3-15-9)8-4-7(10)12-6-13-8/h2-4,6H,5H2,1H3. The molecule has 0 aromatic carbocycles. The lowest BCUT2D eigenvalue weighted by Crippen LogP contribution is -2.17. The quantitative estimate of drug-likeness (QED) is 0.744. The molecule has 78 valence electrons. The molecule has 0 radical (unpaired) electrons. The maximum atomic E-state index is 12.8.